The molecule has 5 saturated carbocycles. The molecule has 0 radical (unpaired) electrons. The van der Waals surface area contributed by atoms with Gasteiger partial charge < -0.3 is 4.74 Å². The molecule has 0 aromatic carbocycles. The molecule has 1 aliphatic heterocycles. The molecule has 0 aromatic heterocycles. The number of ether oxygens (including phenoxy) is 1. The Morgan fingerprint density at radius 1 is 0.667 bits per heavy atom. The van der Waals surface area contributed by atoms with Crippen molar-refractivity contribution >= 4 is 0 Å². The average molecular weight is 413 g/mol. The van der Waals surface area contributed by atoms with Crippen molar-refractivity contribution in [2.75, 3.05) is 0 Å². The van der Waals surface area contributed by atoms with E-state index in [0.717, 1.165) is 47.3 Å². The van der Waals surface area contributed by atoms with E-state index in [-0.39, 0.29) is 5.60 Å². The van der Waals surface area contributed by atoms with Crippen LogP contribution in [0.4, 0.5) is 0 Å². The van der Waals surface area contributed by atoms with Crippen LogP contribution in [0, 0.1) is 58.2 Å². The minimum absolute atomic E-state index is 0.246. The van der Waals surface area contributed by atoms with E-state index in [1.807, 2.05) is 0 Å². The van der Waals surface area contributed by atoms with E-state index in [4.69, 9.17) is 4.74 Å². The van der Waals surface area contributed by atoms with E-state index in [2.05, 4.69) is 34.6 Å². The molecule has 6 aliphatic rings. The lowest BCUT2D eigenvalue weighted by atomic mass is 9.44. The molecule has 5 aliphatic carbocycles. The minimum atomic E-state index is 0.246. The molecule has 1 heteroatoms. The fourth-order valence-electron chi connectivity index (χ4n) is 11.1. The lowest BCUT2D eigenvalue weighted by molar-refractivity contribution is -0.130. The van der Waals surface area contributed by atoms with Crippen LogP contribution >= 0.6 is 0 Å². The third-order valence-electron chi connectivity index (χ3n) is 12.9. The molecular weight excluding hydrogens is 364 g/mol. The van der Waals surface area contributed by atoms with Crippen molar-refractivity contribution in [1.29, 1.82) is 0 Å². The van der Waals surface area contributed by atoms with Crippen LogP contribution in [-0.4, -0.2) is 11.7 Å². The van der Waals surface area contributed by atoms with Crippen LogP contribution < -0.4 is 0 Å². The third-order valence-corrected chi connectivity index (χ3v) is 12.9. The lowest BCUT2D eigenvalue weighted by Gasteiger charge is -2.61. The Labute approximate surface area is 186 Å². The maximum atomic E-state index is 7.16. The average Bonchev–Trinajstić information content (AvgIpc) is 3.16. The van der Waals surface area contributed by atoms with E-state index >= 15 is 0 Å². The summed E-state index contributed by atoms with van der Waals surface area (Å²) in [4.78, 5) is 0. The Balaban J connectivity index is 1.26. The highest BCUT2D eigenvalue weighted by Crippen LogP contribution is 2.71. The van der Waals surface area contributed by atoms with Gasteiger partial charge in [-0.1, -0.05) is 41.0 Å². The molecule has 1 spiro atoms. The van der Waals surface area contributed by atoms with Crippen LogP contribution in [-0.2, 0) is 4.74 Å². The topological polar surface area (TPSA) is 9.23 Å². The summed E-state index contributed by atoms with van der Waals surface area (Å²) in [7, 11) is 0. The molecule has 1 nitrogen and oxygen atoms in total. The van der Waals surface area contributed by atoms with Gasteiger partial charge in [-0.15, -0.1) is 0 Å². The summed E-state index contributed by atoms with van der Waals surface area (Å²) in [5, 5.41) is 0. The maximum absolute atomic E-state index is 7.16. The predicted molar refractivity (Wildman–Crippen MR) is 124 cm³/mol. The molecular formula is C29H48O. The van der Waals surface area contributed by atoms with Crippen LogP contribution in [0.1, 0.15) is 112 Å². The first-order valence-electron chi connectivity index (χ1n) is 13.9. The smallest absolute Gasteiger partial charge is 0.0715 e. The fraction of sp³-hybridized carbons (Fsp3) is 1.00. The van der Waals surface area contributed by atoms with Gasteiger partial charge in [-0.3, -0.25) is 0 Å². The number of hydrogen-bond donors (Lipinski definition) is 0. The van der Waals surface area contributed by atoms with Gasteiger partial charge in [0.1, 0.15) is 0 Å². The van der Waals surface area contributed by atoms with Crippen LogP contribution in [0.15, 0.2) is 0 Å². The summed E-state index contributed by atoms with van der Waals surface area (Å²) < 4.78 is 7.16. The highest BCUT2D eigenvalue weighted by atomic mass is 16.5. The molecule has 170 valence electrons. The van der Waals surface area contributed by atoms with Crippen molar-refractivity contribution in [1.82, 2.24) is 0 Å². The van der Waals surface area contributed by atoms with E-state index in [0.29, 0.717) is 16.9 Å². The van der Waals surface area contributed by atoms with E-state index < -0.39 is 0 Å². The molecule has 6 rings (SSSR count). The second kappa shape index (κ2) is 6.74. The van der Waals surface area contributed by atoms with Gasteiger partial charge in [-0.2, -0.15) is 0 Å². The summed E-state index contributed by atoms with van der Waals surface area (Å²) in [5.41, 5.74) is 1.46. The third kappa shape index (κ3) is 2.63. The first kappa shape index (κ1) is 20.6. The molecule has 6 fully saturated rings. The Morgan fingerprint density at radius 2 is 1.37 bits per heavy atom. The quantitative estimate of drug-likeness (QED) is 0.393. The van der Waals surface area contributed by atoms with E-state index in [1.165, 1.54) is 77.0 Å². The summed E-state index contributed by atoms with van der Waals surface area (Å²) >= 11 is 0. The monoisotopic (exact) mass is 412 g/mol. The maximum Gasteiger partial charge on any atom is 0.0715 e. The Kier molecular flexibility index (Phi) is 4.62. The summed E-state index contributed by atoms with van der Waals surface area (Å²) in [5.74, 6) is 7.50. The molecule has 1 unspecified atom stereocenters. The molecule has 1 saturated heterocycles. The van der Waals surface area contributed by atoms with Gasteiger partial charge in [-0.05, 0) is 129 Å². The highest BCUT2D eigenvalue weighted by molar-refractivity contribution is 5.16. The Morgan fingerprint density at radius 3 is 2.13 bits per heavy atom. The van der Waals surface area contributed by atoms with Gasteiger partial charge in [-0.25, -0.2) is 0 Å². The molecule has 30 heavy (non-hydrogen) atoms. The molecule has 0 aromatic rings. The van der Waals surface area contributed by atoms with Crippen molar-refractivity contribution in [3.63, 3.8) is 0 Å². The van der Waals surface area contributed by atoms with Gasteiger partial charge >= 0.3 is 0 Å². The summed E-state index contributed by atoms with van der Waals surface area (Å²) in [6.45, 7) is 13.1. The van der Waals surface area contributed by atoms with Crippen LogP contribution in [0.25, 0.3) is 0 Å². The highest BCUT2D eigenvalue weighted by Gasteiger charge is 2.68. The first-order chi connectivity index (χ1) is 14.3. The lowest BCUT2D eigenvalue weighted by Crippen LogP contribution is -2.54. The van der Waals surface area contributed by atoms with Crippen LogP contribution in [0.3, 0.4) is 0 Å². The van der Waals surface area contributed by atoms with Gasteiger partial charge in [0.2, 0.25) is 0 Å². The van der Waals surface area contributed by atoms with E-state index in [9.17, 15) is 0 Å². The van der Waals surface area contributed by atoms with Crippen molar-refractivity contribution in [3.05, 3.63) is 0 Å². The standard InChI is InChI=1S/C29H48O/c1-18-9-14-29(15-10-18)20(3)26-25(30-29)17-24-22-7-6-21-16-19(2)8-12-27(21,4)23(22)11-13-28(24,26)5/h18-26H,6-17H2,1-5H3/t18?,19?,20-,21+,22+,23-,24-,25-,26-,27-,28-,29?/m0/s1. The first-order valence-corrected chi connectivity index (χ1v) is 13.9. The van der Waals surface area contributed by atoms with Crippen molar-refractivity contribution in [2.45, 2.75) is 123 Å². The second-order valence-corrected chi connectivity index (χ2v) is 14.0. The SMILES string of the molecule is CC1CCC2(CC1)O[C@H]1C[C@H]3[C@@H]4CC[C@@H]5CC(C)CC[C@]5(C)[C@H]4CC[C@]3(C)[C@H]1[C@@H]2C. The zero-order valence-electron chi connectivity index (χ0n) is 20.6. The zero-order chi connectivity index (χ0) is 20.9. The number of rotatable bonds is 0. The molecule has 0 N–H and O–H groups in total. The second-order valence-electron chi connectivity index (χ2n) is 14.0. The van der Waals surface area contributed by atoms with Crippen molar-refractivity contribution in [3.8, 4) is 0 Å². The molecule has 0 bridgehead atoms. The van der Waals surface area contributed by atoms with Gasteiger partial charge in [0.05, 0.1) is 11.7 Å². The van der Waals surface area contributed by atoms with Crippen LogP contribution in [0.5, 0.6) is 0 Å². The predicted octanol–water partition coefficient (Wildman–Crippen LogP) is 7.88. The van der Waals surface area contributed by atoms with Gasteiger partial charge in [0.15, 0.2) is 0 Å². The molecule has 0 amide bonds. The number of hydrogen-bond acceptors (Lipinski definition) is 1. The fourth-order valence-corrected chi connectivity index (χ4v) is 11.1. The van der Waals surface area contributed by atoms with E-state index in [1.54, 1.807) is 0 Å². The molecule has 10 atom stereocenters. The largest absolute Gasteiger partial charge is 0.371 e. The Bertz CT molecular complexity index is 676. The van der Waals surface area contributed by atoms with Gasteiger partial charge in [0, 0.05) is 0 Å². The Hall–Kier alpha value is -0.0400. The van der Waals surface area contributed by atoms with Crippen molar-refractivity contribution < 1.29 is 4.74 Å². The summed E-state index contributed by atoms with van der Waals surface area (Å²) in [6, 6.07) is 0. The normalized spacial score (nSPS) is 62.5. The number of fused-ring (bicyclic) bond motifs is 7. The minimum Gasteiger partial charge on any atom is -0.371 e. The van der Waals surface area contributed by atoms with Crippen LogP contribution in [0.2, 0.25) is 0 Å². The summed E-state index contributed by atoms with van der Waals surface area (Å²) in [6.07, 6.45) is 18.1. The van der Waals surface area contributed by atoms with Crippen molar-refractivity contribution in [2.24, 2.45) is 58.2 Å². The molecule has 1 heterocycles. The zero-order valence-corrected chi connectivity index (χ0v) is 20.6. The van der Waals surface area contributed by atoms with Gasteiger partial charge in [0.25, 0.3) is 0 Å².